The van der Waals surface area contributed by atoms with Crippen molar-refractivity contribution in [2.75, 3.05) is 0 Å². The molecule has 0 fully saturated rings. The summed E-state index contributed by atoms with van der Waals surface area (Å²) in [4.78, 5) is 2.66. The first-order chi connectivity index (χ1) is 17.8. The van der Waals surface area contributed by atoms with Crippen LogP contribution in [-0.2, 0) is 0 Å². The zero-order valence-corrected chi connectivity index (χ0v) is 20.2. The fourth-order valence-corrected chi connectivity index (χ4v) is 6.63. The molecule has 0 aliphatic carbocycles. The van der Waals surface area contributed by atoms with E-state index in [9.17, 15) is 0 Å². The Hall–Kier alpha value is -4.27. The molecule has 36 heavy (non-hydrogen) atoms. The van der Waals surface area contributed by atoms with Crippen LogP contribution < -0.4 is 0 Å². The van der Waals surface area contributed by atoms with Gasteiger partial charge >= 0.3 is 0 Å². The summed E-state index contributed by atoms with van der Waals surface area (Å²) in [5.74, 6) is 0. The lowest BCUT2D eigenvalue weighted by molar-refractivity contribution is 0.669. The summed E-state index contributed by atoms with van der Waals surface area (Å²) < 4.78 is 6.01. The van der Waals surface area contributed by atoms with Crippen molar-refractivity contribution < 1.29 is 4.42 Å². The smallest absolute Gasteiger partial charge is 0.135 e. The van der Waals surface area contributed by atoms with Gasteiger partial charge in [0.05, 0.1) is 0 Å². The van der Waals surface area contributed by atoms with Crippen molar-refractivity contribution in [1.82, 2.24) is 0 Å². The number of rotatable bonds is 2. The van der Waals surface area contributed by atoms with Gasteiger partial charge in [0.1, 0.15) is 11.2 Å². The van der Waals surface area contributed by atoms with Crippen LogP contribution in [0.1, 0.15) is 0 Å². The lowest BCUT2D eigenvalue weighted by Crippen LogP contribution is -1.93. The number of furan rings is 1. The third-order valence-electron chi connectivity index (χ3n) is 7.28. The monoisotopic (exact) mass is 476 g/mol. The Balaban J connectivity index is 1.19. The van der Waals surface area contributed by atoms with Crippen LogP contribution in [0.3, 0.4) is 0 Å². The van der Waals surface area contributed by atoms with Crippen molar-refractivity contribution in [3.8, 4) is 33.4 Å². The highest BCUT2D eigenvalue weighted by atomic mass is 32.2. The number of hydrogen-bond acceptors (Lipinski definition) is 2. The highest BCUT2D eigenvalue weighted by Gasteiger charge is 2.19. The van der Waals surface area contributed by atoms with Gasteiger partial charge in [-0.1, -0.05) is 96.7 Å². The molecule has 2 heterocycles. The van der Waals surface area contributed by atoms with Gasteiger partial charge in [-0.15, -0.1) is 0 Å². The third-order valence-corrected chi connectivity index (χ3v) is 8.42. The van der Waals surface area contributed by atoms with E-state index in [4.69, 9.17) is 4.42 Å². The van der Waals surface area contributed by atoms with Gasteiger partial charge in [-0.2, -0.15) is 0 Å². The van der Waals surface area contributed by atoms with Gasteiger partial charge in [-0.3, -0.25) is 0 Å². The van der Waals surface area contributed by atoms with E-state index in [1.165, 1.54) is 53.9 Å². The van der Waals surface area contributed by atoms with Crippen LogP contribution in [0.25, 0.3) is 66.1 Å². The average molecular weight is 477 g/mol. The van der Waals surface area contributed by atoms with Crippen molar-refractivity contribution in [3.63, 3.8) is 0 Å². The Bertz CT molecular complexity index is 1960. The molecule has 0 saturated carbocycles. The van der Waals surface area contributed by atoms with Crippen molar-refractivity contribution in [1.29, 1.82) is 0 Å². The summed E-state index contributed by atoms with van der Waals surface area (Å²) >= 11 is 1.87. The molecule has 0 N–H and O–H groups in total. The van der Waals surface area contributed by atoms with E-state index in [0.29, 0.717) is 0 Å². The minimum atomic E-state index is 0.931. The lowest BCUT2D eigenvalue weighted by Gasteiger charge is -2.21. The molecule has 2 heteroatoms. The SMILES string of the molecule is c1cc2c3c(cccc3c1)-c1cc(-c3ccc(-c4ccc5oc6ccccc6c5c4)cc3)ccc1S2. The first-order valence-corrected chi connectivity index (χ1v) is 13.0. The Kier molecular flexibility index (Phi) is 4.22. The summed E-state index contributed by atoms with van der Waals surface area (Å²) in [6.45, 7) is 0. The molecule has 0 saturated heterocycles. The maximum Gasteiger partial charge on any atom is 0.135 e. The van der Waals surface area contributed by atoms with Crippen molar-refractivity contribution in [3.05, 3.63) is 121 Å². The van der Waals surface area contributed by atoms with E-state index >= 15 is 0 Å². The molecule has 0 radical (unpaired) electrons. The zero-order chi connectivity index (χ0) is 23.6. The van der Waals surface area contributed by atoms with Crippen LogP contribution in [0.4, 0.5) is 0 Å². The number of benzene rings is 6. The molecule has 168 valence electrons. The standard InChI is InChI=1S/C34H20OS/c1-2-9-30-26(7-1)28-19-24(15-17-31(28)35-30)21-11-13-22(14-12-21)25-16-18-32-29(20-25)27-8-3-5-23-6-4-10-33(36-32)34(23)27/h1-20H. The van der Waals surface area contributed by atoms with Gasteiger partial charge < -0.3 is 4.42 Å². The molecule has 6 aromatic carbocycles. The maximum atomic E-state index is 6.01. The zero-order valence-electron chi connectivity index (χ0n) is 19.4. The maximum absolute atomic E-state index is 6.01. The molecule has 1 aromatic heterocycles. The molecule has 0 amide bonds. The van der Waals surface area contributed by atoms with Gasteiger partial charge in [-0.05, 0) is 75.2 Å². The lowest BCUT2D eigenvalue weighted by atomic mass is 9.94. The van der Waals surface area contributed by atoms with Crippen LogP contribution in [0.2, 0.25) is 0 Å². The summed E-state index contributed by atoms with van der Waals surface area (Å²) in [5.41, 5.74) is 9.40. The Morgan fingerprint density at radius 1 is 0.444 bits per heavy atom. The van der Waals surface area contributed by atoms with Crippen LogP contribution in [0, 0.1) is 0 Å². The number of para-hydroxylation sites is 1. The quantitative estimate of drug-likeness (QED) is 0.246. The Labute approximate surface area is 213 Å². The fourth-order valence-electron chi connectivity index (χ4n) is 5.50. The third kappa shape index (κ3) is 2.98. The molecular formula is C34H20OS. The van der Waals surface area contributed by atoms with E-state index < -0.39 is 0 Å². The second-order valence-corrected chi connectivity index (χ2v) is 10.4. The van der Waals surface area contributed by atoms with Gasteiger partial charge in [-0.25, -0.2) is 0 Å². The fraction of sp³-hybridized carbons (Fsp3) is 0. The number of fused-ring (bicyclic) bond motifs is 5. The van der Waals surface area contributed by atoms with Gasteiger partial charge in [0.15, 0.2) is 0 Å². The average Bonchev–Trinajstić information content (AvgIpc) is 3.31. The van der Waals surface area contributed by atoms with E-state index in [0.717, 1.165) is 21.9 Å². The molecule has 8 rings (SSSR count). The highest BCUT2D eigenvalue weighted by Crippen LogP contribution is 2.48. The summed E-state index contributed by atoms with van der Waals surface area (Å²) in [6.07, 6.45) is 0. The summed E-state index contributed by atoms with van der Waals surface area (Å²) in [6, 6.07) is 43.7. The van der Waals surface area contributed by atoms with Crippen LogP contribution in [0.5, 0.6) is 0 Å². The molecule has 0 bridgehead atoms. The molecule has 0 unspecified atom stereocenters. The Morgan fingerprint density at radius 3 is 2.00 bits per heavy atom. The first-order valence-electron chi connectivity index (χ1n) is 12.2. The van der Waals surface area contributed by atoms with E-state index in [1.807, 2.05) is 23.9 Å². The summed E-state index contributed by atoms with van der Waals surface area (Å²) in [5, 5.41) is 5.00. The second-order valence-electron chi connectivity index (χ2n) is 9.36. The molecule has 7 aromatic rings. The van der Waals surface area contributed by atoms with Gasteiger partial charge in [0.2, 0.25) is 0 Å². The predicted molar refractivity (Wildman–Crippen MR) is 152 cm³/mol. The molecular weight excluding hydrogens is 456 g/mol. The van der Waals surface area contributed by atoms with E-state index in [1.54, 1.807) is 0 Å². The van der Waals surface area contributed by atoms with E-state index in [2.05, 4.69) is 109 Å². The summed E-state index contributed by atoms with van der Waals surface area (Å²) in [7, 11) is 0. The van der Waals surface area contributed by atoms with Gasteiger partial charge in [0.25, 0.3) is 0 Å². The van der Waals surface area contributed by atoms with Crippen molar-refractivity contribution in [2.24, 2.45) is 0 Å². The molecule has 0 spiro atoms. The molecule has 1 nitrogen and oxygen atoms in total. The second kappa shape index (κ2) is 7.61. The number of hydrogen-bond donors (Lipinski definition) is 0. The van der Waals surface area contributed by atoms with Crippen molar-refractivity contribution >= 4 is 44.5 Å². The Morgan fingerprint density at radius 2 is 1.14 bits per heavy atom. The minimum absolute atomic E-state index is 0.931. The molecule has 1 aliphatic heterocycles. The van der Waals surface area contributed by atoms with Gasteiger partial charge in [0, 0.05) is 25.9 Å². The normalized spacial score (nSPS) is 12.3. The van der Waals surface area contributed by atoms with Crippen LogP contribution in [-0.4, -0.2) is 0 Å². The van der Waals surface area contributed by atoms with Crippen LogP contribution >= 0.6 is 11.8 Å². The minimum Gasteiger partial charge on any atom is -0.456 e. The largest absolute Gasteiger partial charge is 0.456 e. The van der Waals surface area contributed by atoms with E-state index in [-0.39, 0.29) is 0 Å². The predicted octanol–water partition coefficient (Wildman–Crippen LogP) is 10.2. The topological polar surface area (TPSA) is 13.1 Å². The molecule has 0 atom stereocenters. The first kappa shape index (κ1) is 20.0. The molecule has 1 aliphatic rings. The highest BCUT2D eigenvalue weighted by molar-refractivity contribution is 7.99. The van der Waals surface area contributed by atoms with Crippen LogP contribution in [0.15, 0.2) is 136 Å². The van der Waals surface area contributed by atoms with Crippen molar-refractivity contribution in [2.45, 2.75) is 9.79 Å².